The quantitative estimate of drug-likeness (QED) is 0.794. The van der Waals surface area contributed by atoms with Crippen molar-refractivity contribution in [2.24, 2.45) is 0 Å². The first-order chi connectivity index (χ1) is 10.7. The van der Waals surface area contributed by atoms with Crippen LogP contribution in [0.15, 0.2) is 27.6 Å². The highest BCUT2D eigenvalue weighted by Gasteiger charge is 2.22. The van der Waals surface area contributed by atoms with Crippen LogP contribution in [0.2, 0.25) is 0 Å². The highest BCUT2D eigenvalue weighted by molar-refractivity contribution is 9.10. The minimum atomic E-state index is -3.58. The first-order valence-electron chi connectivity index (χ1n) is 7.18. The van der Waals surface area contributed by atoms with E-state index in [-0.39, 0.29) is 10.8 Å². The largest absolute Gasteiger partial charge is 0.304 e. The first kappa shape index (κ1) is 18.3. The highest BCUT2D eigenvalue weighted by Crippen LogP contribution is 2.22. The molecule has 1 amide bonds. The number of sulfonamides is 1. The van der Waals surface area contributed by atoms with Crippen LogP contribution in [-0.2, 0) is 10.0 Å². The van der Waals surface area contributed by atoms with E-state index in [0.29, 0.717) is 10.0 Å². The summed E-state index contributed by atoms with van der Waals surface area (Å²) >= 11 is 3.31. The van der Waals surface area contributed by atoms with E-state index < -0.39 is 10.0 Å². The minimum absolute atomic E-state index is 0.0919. The zero-order valence-corrected chi connectivity index (χ0v) is 15.8. The van der Waals surface area contributed by atoms with Crippen molar-refractivity contribution in [1.82, 2.24) is 19.6 Å². The lowest BCUT2D eigenvalue weighted by molar-refractivity contribution is 0.0661. The van der Waals surface area contributed by atoms with Gasteiger partial charge in [0.05, 0.1) is 10.5 Å². The molecule has 0 aliphatic carbocycles. The van der Waals surface area contributed by atoms with Crippen LogP contribution in [0, 0.1) is 0 Å². The van der Waals surface area contributed by atoms with E-state index in [1.54, 1.807) is 6.07 Å². The van der Waals surface area contributed by atoms with E-state index >= 15 is 0 Å². The third-order valence-electron chi connectivity index (χ3n) is 3.72. The molecular weight excluding hydrogens is 384 g/mol. The average Bonchev–Trinajstić information content (AvgIpc) is 2.49. The standard InChI is InChI=1S/C14H21BrN4O3S/c1-17(2)23(21,22)11-4-5-13(15)12(10-11)14(20)16-19-8-6-18(3)7-9-19/h4-5,10H,6-9H2,1-3H3,(H,16,20). The van der Waals surface area contributed by atoms with Gasteiger partial charge in [-0.05, 0) is 41.2 Å². The van der Waals surface area contributed by atoms with Crippen LogP contribution in [0.25, 0.3) is 0 Å². The molecule has 23 heavy (non-hydrogen) atoms. The van der Waals surface area contributed by atoms with Crippen LogP contribution in [-0.4, -0.2) is 75.9 Å². The second-order valence-electron chi connectivity index (χ2n) is 5.66. The van der Waals surface area contributed by atoms with Gasteiger partial charge in [-0.25, -0.2) is 17.7 Å². The number of hydrazine groups is 1. The molecule has 0 spiro atoms. The number of carbonyl (C=O) groups is 1. The number of piperazine rings is 1. The van der Waals surface area contributed by atoms with Crippen molar-refractivity contribution in [2.45, 2.75) is 4.90 Å². The maximum atomic E-state index is 12.5. The molecule has 1 fully saturated rings. The zero-order chi connectivity index (χ0) is 17.2. The number of rotatable bonds is 4. The number of hydrogen-bond donors (Lipinski definition) is 1. The fourth-order valence-corrected chi connectivity index (χ4v) is 3.53. The lowest BCUT2D eigenvalue weighted by Crippen LogP contribution is -2.52. The Morgan fingerprint density at radius 1 is 1.22 bits per heavy atom. The number of benzene rings is 1. The van der Waals surface area contributed by atoms with Crippen molar-refractivity contribution < 1.29 is 13.2 Å². The van der Waals surface area contributed by atoms with Crippen LogP contribution in [0.4, 0.5) is 0 Å². The Labute approximate surface area is 145 Å². The third-order valence-corrected chi connectivity index (χ3v) is 6.23. The molecule has 0 aromatic heterocycles. The number of nitrogens with one attached hydrogen (secondary N) is 1. The number of halogens is 1. The summed E-state index contributed by atoms with van der Waals surface area (Å²) in [6.45, 7) is 3.21. The molecule has 1 saturated heterocycles. The van der Waals surface area contributed by atoms with Gasteiger partial charge in [0.1, 0.15) is 0 Å². The average molecular weight is 405 g/mol. The molecule has 0 radical (unpaired) electrons. The van der Waals surface area contributed by atoms with Crippen LogP contribution in [0.3, 0.4) is 0 Å². The van der Waals surface area contributed by atoms with Crippen molar-refractivity contribution in [1.29, 1.82) is 0 Å². The van der Waals surface area contributed by atoms with Gasteiger partial charge in [0.2, 0.25) is 10.0 Å². The molecule has 0 saturated carbocycles. The molecule has 1 aromatic rings. The van der Waals surface area contributed by atoms with Gasteiger partial charge in [-0.1, -0.05) is 0 Å². The summed E-state index contributed by atoms with van der Waals surface area (Å²) in [4.78, 5) is 14.7. The van der Waals surface area contributed by atoms with Crippen molar-refractivity contribution in [3.63, 3.8) is 0 Å². The van der Waals surface area contributed by atoms with Crippen molar-refractivity contribution >= 4 is 31.9 Å². The van der Waals surface area contributed by atoms with Crippen molar-refractivity contribution in [2.75, 3.05) is 47.3 Å². The lowest BCUT2D eigenvalue weighted by atomic mass is 10.2. The smallest absolute Gasteiger partial charge is 0.266 e. The summed E-state index contributed by atoms with van der Waals surface area (Å²) in [5.41, 5.74) is 3.13. The normalized spacial score (nSPS) is 17.4. The van der Waals surface area contributed by atoms with E-state index in [1.807, 2.05) is 12.1 Å². The molecule has 1 aliphatic heterocycles. The molecule has 1 N–H and O–H groups in total. The van der Waals surface area contributed by atoms with Gasteiger partial charge in [0.15, 0.2) is 0 Å². The summed E-state index contributed by atoms with van der Waals surface area (Å²) < 4.78 is 26.1. The van der Waals surface area contributed by atoms with E-state index in [2.05, 4.69) is 26.3 Å². The minimum Gasteiger partial charge on any atom is -0.304 e. The van der Waals surface area contributed by atoms with E-state index in [0.717, 1.165) is 30.5 Å². The Morgan fingerprint density at radius 2 is 1.83 bits per heavy atom. The van der Waals surface area contributed by atoms with Gasteiger partial charge >= 0.3 is 0 Å². The summed E-state index contributed by atoms with van der Waals surface area (Å²) in [5, 5.41) is 1.85. The molecule has 128 valence electrons. The molecule has 7 nitrogen and oxygen atoms in total. The summed E-state index contributed by atoms with van der Waals surface area (Å²) in [7, 11) is 1.37. The van der Waals surface area contributed by atoms with Crippen molar-refractivity contribution in [3.8, 4) is 0 Å². The van der Waals surface area contributed by atoms with Gasteiger partial charge in [0, 0.05) is 44.7 Å². The van der Waals surface area contributed by atoms with Crippen LogP contribution in [0.5, 0.6) is 0 Å². The van der Waals surface area contributed by atoms with Gasteiger partial charge in [0.25, 0.3) is 5.91 Å². The summed E-state index contributed by atoms with van der Waals surface area (Å²) in [6, 6.07) is 4.45. The molecule has 1 heterocycles. The third kappa shape index (κ3) is 4.30. The Morgan fingerprint density at radius 3 is 2.39 bits per heavy atom. The predicted octanol–water partition coefficient (Wildman–Crippen LogP) is 0.592. The number of likely N-dealkylation sites (N-methyl/N-ethyl adjacent to an activating group) is 1. The Hall–Kier alpha value is -1.00. The lowest BCUT2D eigenvalue weighted by Gasteiger charge is -2.32. The van der Waals surface area contributed by atoms with Gasteiger partial charge < -0.3 is 4.90 Å². The number of amides is 1. The van der Waals surface area contributed by atoms with E-state index in [4.69, 9.17) is 0 Å². The van der Waals surface area contributed by atoms with Crippen LogP contribution >= 0.6 is 15.9 Å². The molecule has 1 aliphatic rings. The Bertz CT molecular complexity index is 685. The van der Waals surface area contributed by atoms with Gasteiger partial charge in [-0.3, -0.25) is 10.2 Å². The number of carbonyl (C=O) groups excluding carboxylic acids is 1. The fourth-order valence-electron chi connectivity index (χ4n) is 2.17. The monoisotopic (exact) mass is 404 g/mol. The Kier molecular flexibility index (Phi) is 5.79. The second-order valence-corrected chi connectivity index (χ2v) is 8.67. The number of hydrogen-bond acceptors (Lipinski definition) is 5. The fraction of sp³-hybridized carbons (Fsp3) is 0.500. The Balaban J connectivity index is 2.20. The maximum absolute atomic E-state index is 12.5. The molecular formula is C14H21BrN4O3S. The van der Waals surface area contributed by atoms with Gasteiger partial charge in [-0.2, -0.15) is 0 Å². The van der Waals surface area contributed by atoms with Crippen LogP contribution < -0.4 is 5.43 Å². The van der Waals surface area contributed by atoms with Gasteiger partial charge in [-0.15, -0.1) is 0 Å². The second kappa shape index (κ2) is 7.27. The zero-order valence-electron chi connectivity index (χ0n) is 13.4. The maximum Gasteiger partial charge on any atom is 0.266 e. The first-order valence-corrected chi connectivity index (χ1v) is 9.41. The molecule has 0 atom stereocenters. The molecule has 2 rings (SSSR count). The van der Waals surface area contributed by atoms with E-state index in [9.17, 15) is 13.2 Å². The topological polar surface area (TPSA) is 73.0 Å². The van der Waals surface area contributed by atoms with E-state index in [1.165, 1.54) is 26.2 Å². The molecule has 1 aromatic carbocycles. The predicted molar refractivity (Wildman–Crippen MR) is 91.6 cm³/mol. The molecule has 9 heteroatoms. The van der Waals surface area contributed by atoms with Crippen molar-refractivity contribution in [3.05, 3.63) is 28.2 Å². The molecule has 0 unspecified atom stereocenters. The summed E-state index contributed by atoms with van der Waals surface area (Å²) in [5.74, 6) is -0.322. The molecule has 0 bridgehead atoms. The summed E-state index contributed by atoms with van der Waals surface area (Å²) in [6.07, 6.45) is 0. The SMILES string of the molecule is CN1CCN(NC(=O)c2cc(S(=O)(=O)N(C)C)ccc2Br)CC1. The highest BCUT2D eigenvalue weighted by atomic mass is 79.9. The van der Waals surface area contributed by atoms with Crippen LogP contribution in [0.1, 0.15) is 10.4 Å². The number of nitrogens with zero attached hydrogens (tertiary/aromatic N) is 3.